The van der Waals surface area contributed by atoms with Crippen molar-refractivity contribution in [3.63, 3.8) is 0 Å². The standard InChI is InChI=1S/C11H16ClNO/c1-11(8-14,6-7-13)9-2-4-10(12)5-3-9/h2-5,14H,6-8,13H2,1H3. The Morgan fingerprint density at radius 3 is 2.36 bits per heavy atom. The summed E-state index contributed by atoms with van der Waals surface area (Å²) in [6.45, 7) is 2.68. The van der Waals surface area contributed by atoms with E-state index in [9.17, 15) is 5.11 Å². The van der Waals surface area contributed by atoms with Gasteiger partial charge in [0.05, 0.1) is 6.61 Å². The summed E-state index contributed by atoms with van der Waals surface area (Å²) >= 11 is 5.79. The van der Waals surface area contributed by atoms with Gasteiger partial charge in [-0.1, -0.05) is 30.7 Å². The van der Waals surface area contributed by atoms with Crippen LogP contribution in [0.15, 0.2) is 24.3 Å². The van der Waals surface area contributed by atoms with Crippen molar-refractivity contribution in [1.82, 2.24) is 0 Å². The van der Waals surface area contributed by atoms with Crippen molar-refractivity contribution in [3.05, 3.63) is 34.9 Å². The minimum atomic E-state index is -0.251. The molecule has 0 amide bonds. The van der Waals surface area contributed by atoms with Crippen molar-refractivity contribution in [2.24, 2.45) is 5.73 Å². The lowest BCUT2D eigenvalue weighted by Gasteiger charge is -2.27. The molecule has 0 aliphatic carbocycles. The third-order valence-corrected chi connectivity index (χ3v) is 2.84. The average molecular weight is 214 g/mol. The fraction of sp³-hybridized carbons (Fsp3) is 0.455. The van der Waals surface area contributed by atoms with Gasteiger partial charge in [0.1, 0.15) is 0 Å². The number of rotatable bonds is 4. The Labute approximate surface area is 89.7 Å². The molecule has 0 heterocycles. The molecule has 1 aromatic carbocycles. The van der Waals surface area contributed by atoms with Gasteiger partial charge in [0.2, 0.25) is 0 Å². The molecule has 0 fully saturated rings. The minimum Gasteiger partial charge on any atom is -0.395 e. The third-order valence-electron chi connectivity index (χ3n) is 2.59. The molecule has 0 saturated carbocycles. The van der Waals surface area contributed by atoms with E-state index in [2.05, 4.69) is 0 Å². The molecular weight excluding hydrogens is 198 g/mol. The van der Waals surface area contributed by atoms with E-state index in [0.29, 0.717) is 11.6 Å². The molecule has 14 heavy (non-hydrogen) atoms. The molecule has 2 nitrogen and oxygen atoms in total. The molecule has 1 atom stereocenters. The highest BCUT2D eigenvalue weighted by Gasteiger charge is 2.24. The zero-order valence-electron chi connectivity index (χ0n) is 8.33. The van der Waals surface area contributed by atoms with Crippen LogP contribution in [0.4, 0.5) is 0 Å². The van der Waals surface area contributed by atoms with E-state index in [1.807, 2.05) is 31.2 Å². The Kier molecular flexibility index (Phi) is 3.93. The number of benzene rings is 1. The summed E-state index contributed by atoms with van der Waals surface area (Å²) < 4.78 is 0. The Morgan fingerprint density at radius 2 is 1.93 bits per heavy atom. The van der Waals surface area contributed by atoms with Crippen LogP contribution < -0.4 is 5.73 Å². The van der Waals surface area contributed by atoms with Crippen molar-refractivity contribution < 1.29 is 5.11 Å². The predicted octanol–water partition coefficient (Wildman–Crippen LogP) is 1.94. The summed E-state index contributed by atoms with van der Waals surface area (Å²) in [7, 11) is 0. The van der Waals surface area contributed by atoms with E-state index < -0.39 is 0 Å². The van der Waals surface area contributed by atoms with Gasteiger partial charge < -0.3 is 10.8 Å². The van der Waals surface area contributed by atoms with Gasteiger partial charge >= 0.3 is 0 Å². The van der Waals surface area contributed by atoms with Crippen LogP contribution >= 0.6 is 11.6 Å². The lowest BCUT2D eigenvalue weighted by molar-refractivity contribution is 0.199. The molecule has 0 aliphatic heterocycles. The average Bonchev–Trinajstić information content (AvgIpc) is 2.19. The zero-order chi connectivity index (χ0) is 10.6. The fourth-order valence-corrected chi connectivity index (χ4v) is 1.61. The second-order valence-corrected chi connectivity index (χ2v) is 4.20. The monoisotopic (exact) mass is 213 g/mol. The molecule has 0 bridgehead atoms. The van der Waals surface area contributed by atoms with Crippen LogP contribution in [0.25, 0.3) is 0 Å². The number of aliphatic hydroxyl groups is 1. The van der Waals surface area contributed by atoms with Gasteiger partial charge in [0, 0.05) is 10.4 Å². The molecule has 3 N–H and O–H groups in total. The van der Waals surface area contributed by atoms with E-state index in [1.165, 1.54) is 0 Å². The minimum absolute atomic E-state index is 0.103. The van der Waals surface area contributed by atoms with Crippen molar-refractivity contribution in [2.75, 3.05) is 13.2 Å². The smallest absolute Gasteiger partial charge is 0.0525 e. The predicted molar refractivity (Wildman–Crippen MR) is 59.6 cm³/mol. The van der Waals surface area contributed by atoms with Gasteiger partial charge in [-0.15, -0.1) is 0 Å². The first kappa shape index (κ1) is 11.5. The summed E-state index contributed by atoms with van der Waals surface area (Å²) in [5.74, 6) is 0. The van der Waals surface area contributed by atoms with Crippen LogP contribution in [-0.2, 0) is 5.41 Å². The first-order valence-corrected chi connectivity index (χ1v) is 5.07. The highest BCUT2D eigenvalue weighted by Crippen LogP contribution is 2.27. The van der Waals surface area contributed by atoms with Gasteiger partial charge in [-0.2, -0.15) is 0 Å². The zero-order valence-corrected chi connectivity index (χ0v) is 9.09. The summed E-state index contributed by atoms with van der Waals surface area (Å²) in [5, 5.41) is 10.1. The molecule has 3 heteroatoms. The maximum Gasteiger partial charge on any atom is 0.0525 e. The molecule has 1 unspecified atom stereocenters. The summed E-state index contributed by atoms with van der Waals surface area (Å²) in [6.07, 6.45) is 0.769. The van der Waals surface area contributed by atoms with E-state index in [0.717, 1.165) is 12.0 Å². The van der Waals surface area contributed by atoms with Gasteiger partial charge in [0.15, 0.2) is 0 Å². The van der Waals surface area contributed by atoms with Gasteiger partial charge in [-0.25, -0.2) is 0 Å². The Balaban J connectivity index is 2.94. The molecular formula is C11H16ClNO. The van der Waals surface area contributed by atoms with Crippen molar-refractivity contribution in [1.29, 1.82) is 0 Å². The highest BCUT2D eigenvalue weighted by molar-refractivity contribution is 6.30. The van der Waals surface area contributed by atoms with Gasteiger partial charge in [-0.05, 0) is 30.7 Å². The number of hydrogen-bond donors (Lipinski definition) is 2. The maximum atomic E-state index is 9.35. The summed E-state index contributed by atoms with van der Waals surface area (Å²) in [6, 6.07) is 7.55. The lowest BCUT2D eigenvalue weighted by atomic mass is 9.80. The van der Waals surface area contributed by atoms with E-state index in [4.69, 9.17) is 17.3 Å². The van der Waals surface area contributed by atoms with Crippen LogP contribution in [0, 0.1) is 0 Å². The highest BCUT2D eigenvalue weighted by atomic mass is 35.5. The Bertz CT molecular complexity index is 286. The first-order valence-electron chi connectivity index (χ1n) is 4.69. The number of nitrogens with two attached hydrogens (primary N) is 1. The number of hydrogen-bond acceptors (Lipinski definition) is 2. The second-order valence-electron chi connectivity index (χ2n) is 3.76. The molecule has 1 aromatic rings. The van der Waals surface area contributed by atoms with Crippen LogP contribution in [-0.4, -0.2) is 18.3 Å². The van der Waals surface area contributed by atoms with Crippen LogP contribution in [0.5, 0.6) is 0 Å². The van der Waals surface area contributed by atoms with E-state index in [1.54, 1.807) is 0 Å². The quantitative estimate of drug-likeness (QED) is 0.803. The van der Waals surface area contributed by atoms with Crippen molar-refractivity contribution in [2.45, 2.75) is 18.8 Å². The Hall–Kier alpha value is -0.570. The van der Waals surface area contributed by atoms with Gasteiger partial charge in [-0.3, -0.25) is 0 Å². The first-order chi connectivity index (χ1) is 6.62. The maximum absolute atomic E-state index is 9.35. The Morgan fingerprint density at radius 1 is 1.36 bits per heavy atom. The van der Waals surface area contributed by atoms with Crippen LogP contribution in [0.1, 0.15) is 18.9 Å². The SMILES string of the molecule is CC(CO)(CCN)c1ccc(Cl)cc1. The van der Waals surface area contributed by atoms with Crippen molar-refractivity contribution in [3.8, 4) is 0 Å². The summed E-state index contributed by atoms with van der Waals surface area (Å²) in [5.41, 5.74) is 6.35. The van der Waals surface area contributed by atoms with Crippen molar-refractivity contribution >= 4 is 11.6 Å². The van der Waals surface area contributed by atoms with Crippen LogP contribution in [0.2, 0.25) is 5.02 Å². The second kappa shape index (κ2) is 4.78. The molecule has 0 spiro atoms. The topological polar surface area (TPSA) is 46.2 Å². The molecule has 78 valence electrons. The van der Waals surface area contributed by atoms with E-state index >= 15 is 0 Å². The molecule has 0 saturated heterocycles. The number of aliphatic hydroxyl groups excluding tert-OH is 1. The largest absolute Gasteiger partial charge is 0.395 e. The third kappa shape index (κ3) is 2.47. The molecule has 0 aromatic heterocycles. The van der Waals surface area contributed by atoms with Gasteiger partial charge in [0.25, 0.3) is 0 Å². The molecule has 1 rings (SSSR count). The van der Waals surface area contributed by atoms with Crippen LogP contribution in [0.3, 0.4) is 0 Å². The number of halogens is 1. The normalized spacial score (nSPS) is 15.1. The molecule has 0 radical (unpaired) electrons. The molecule has 0 aliphatic rings. The fourth-order valence-electron chi connectivity index (χ4n) is 1.49. The lowest BCUT2D eigenvalue weighted by Crippen LogP contribution is -2.29. The summed E-state index contributed by atoms with van der Waals surface area (Å²) in [4.78, 5) is 0. The van der Waals surface area contributed by atoms with E-state index in [-0.39, 0.29) is 12.0 Å².